The van der Waals surface area contributed by atoms with Gasteiger partial charge in [-0.3, -0.25) is 4.79 Å². The van der Waals surface area contributed by atoms with Gasteiger partial charge in [-0.2, -0.15) is 0 Å². The molecule has 0 spiro atoms. The highest BCUT2D eigenvalue weighted by atomic mass is 19.1. The number of nitrogens with zero attached hydrogens (tertiary/aromatic N) is 1. The molecule has 0 unspecified atom stereocenters. The number of aromatic nitrogens is 1. The Labute approximate surface area is 128 Å². The van der Waals surface area contributed by atoms with Crippen molar-refractivity contribution in [2.75, 3.05) is 0 Å². The van der Waals surface area contributed by atoms with E-state index in [1.807, 2.05) is 0 Å². The van der Waals surface area contributed by atoms with Gasteiger partial charge in [0.1, 0.15) is 11.6 Å². The van der Waals surface area contributed by atoms with E-state index in [2.05, 4.69) is 16.9 Å². The van der Waals surface area contributed by atoms with Crippen molar-refractivity contribution >= 4 is 5.91 Å². The van der Waals surface area contributed by atoms with Crippen LogP contribution in [0.2, 0.25) is 0 Å². The van der Waals surface area contributed by atoms with Crippen molar-refractivity contribution in [2.24, 2.45) is 0 Å². The van der Waals surface area contributed by atoms with Crippen molar-refractivity contribution in [2.45, 2.75) is 19.4 Å². The first kappa shape index (κ1) is 15.7. The first-order valence-corrected chi connectivity index (χ1v) is 6.94. The maximum absolute atomic E-state index is 13.2. The van der Waals surface area contributed by atoms with Crippen LogP contribution in [0, 0.1) is 5.82 Å². The average molecular weight is 300 g/mol. The maximum atomic E-state index is 13.2. The van der Waals surface area contributed by atoms with Crippen molar-refractivity contribution in [3.63, 3.8) is 0 Å². The summed E-state index contributed by atoms with van der Waals surface area (Å²) >= 11 is 0. The number of carbonyl (C=O) groups is 1. The largest absolute Gasteiger partial charge is 0.439 e. The Hall–Kier alpha value is -2.69. The first-order chi connectivity index (χ1) is 10.7. The number of halogens is 1. The third kappa shape index (κ3) is 4.70. The van der Waals surface area contributed by atoms with E-state index < -0.39 is 0 Å². The number of rotatable bonds is 7. The quantitative estimate of drug-likeness (QED) is 0.795. The van der Waals surface area contributed by atoms with Crippen molar-refractivity contribution < 1.29 is 13.9 Å². The molecular formula is C17H17FN2O2. The second-order valence-electron chi connectivity index (χ2n) is 4.63. The number of hydrogen-bond acceptors (Lipinski definition) is 3. The van der Waals surface area contributed by atoms with Crippen LogP contribution in [0.15, 0.2) is 55.3 Å². The lowest BCUT2D eigenvalue weighted by atomic mass is 10.2. The molecular weight excluding hydrogens is 283 g/mol. The zero-order valence-corrected chi connectivity index (χ0v) is 12.1. The van der Waals surface area contributed by atoms with Crippen LogP contribution >= 0.6 is 0 Å². The SMILES string of the molecule is C=CCCC(=O)NCc1cccnc1Oc1cccc(F)c1. The summed E-state index contributed by atoms with van der Waals surface area (Å²) in [4.78, 5) is 15.8. The van der Waals surface area contributed by atoms with Crippen molar-refractivity contribution in [1.82, 2.24) is 10.3 Å². The smallest absolute Gasteiger partial charge is 0.224 e. The minimum absolute atomic E-state index is 0.0690. The summed E-state index contributed by atoms with van der Waals surface area (Å²) in [6.07, 6.45) is 4.30. The van der Waals surface area contributed by atoms with Crippen molar-refractivity contribution in [3.8, 4) is 11.6 Å². The number of amides is 1. The third-order valence-corrected chi connectivity index (χ3v) is 2.91. The Kier molecular flexibility index (Phi) is 5.65. The summed E-state index contributed by atoms with van der Waals surface area (Å²) in [6.45, 7) is 3.88. The first-order valence-electron chi connectivity index (χ1n) is 6.94. The molecule has 0 saturated carbocycles. The van der Waals surface area contributed by atoms with Gasteiger partial charge in [0.15, 0.2) is 0 Å². The van der Waals surface area contributed by atoms with E-state index in [1.165, 1.54) is 12.1 Å². The predicted octanol–water partition coefficient (Wildman–Crippen LogP) is 3.60. The molecule has 1 aromatic heterocycles. The predicted molar refractivity (Wildman–Crippen MR) is 82.0 cm³/mol. The summed E-state index contributed by atoms with van der Waals surface area (Å²) in [6, 6.07) is 9.38. The Morgan fingerprint density at radius 3 is 3.00 bits per heavy atom. The highest BCUT2D eigenvalue weighted by Gasteiger charge is 2.08. The molecule has 0 radical (unpaired) electrons. The lowest BCUT2D eigenvalue weighted by molar-refractivity contribution is -0.121. The minimum Gasteiger partial charge on any atom is -0.439 e. The molecule has 1 amide bonds. The van der Waals surface area contributed by atoms with Crippen LogP contribution < -0.4 is 10.1 Å². The van der Waals surface area contributed by atoms with Crippen LogP contribution in [0.5, 0.6) is 11.6 Å². The Bertz CT molecular complexity index is 659. The summed E-state index contributed by atoms with van der Waals surface area (Å²) in [7, 11) is 0. The molecule has 0 aliphatic rings. The molecule has 0 fully saturated rings. The van der Waals surface area contributed by atoms with Crippen LogP contribution in [0.1, 0.15) is 18.4 Å². The van der Waals surface area contributed by atoms with E-state index in [4.69, 9.17) is 4.74 Å². The molecule has 2 aromatic rings. The molecule has 1 N–H and O–H groups in total. The topological polar surface area (TPSA) is 51.2 Å². The number of pyridine rings is 1. The van der Waals surface area contributed by atoms with Gasteiger partial charge in [0.25, 0.3) is 0 Å². The molecule has 1 aromatic carbocycles. The van der Waals surface area contributed by atoms with Gasteiger partial charge in [0.2, 0.25) is 11.8 Å². The van der Waals surface area contributed by atoms with Crippen molar-refractivity contribution in [1.29, 1.82) is 0 Å². The Balaban J connectivity index is 2.03. The number of allylic oxidation sites excluding steroid dienone is 1. The summed E-state index contributed by atoms with van der Waals surface area (Å²) < 4.78 is 18.8. The van der Waals surface area contributed by atoms with E-state index in [1.54, 1.807) is 36.5 Å². The standard InChI is InChI=1S/C17H17FN2O2/c1-2-3-9-16(21)20-12-13-6-5-10-19-17(13)22-15-8-4-7-14(18)11-15/h2,4-8,10-11H,1,3,9,12H2,(H,20,21). The molecule has 0 atom stereocenters. The van der Waals surface area contributed by atoms with Crippen LogP contribution in [-0.4, -0.2) is 10.9 Å². The van der Waals surface area contributed by atoms with E-state index in [0.29, 0.717) is 31.0 Å². The van der Waals surface area contributed by atoms with Gasteiger partial charge >= 0.3 is 0 Å². The fourth-order valence-electron chi connectivity index (χ4n) is 1.81. The van der Waals surface area contributed by atoms with Gasteiger partial charge in [0, 0.05) is 30.8 Å². The Morgan fingerprint density at radius 2 is 2.23 bits per heavy atom. The zero-order valence-electron chi connectivity index (χ0n) is 12.1. The molecule has 22 heavy (non-hydrogen) atoms. The van der Waals surface area contributed by atoms with Crippen LogP contribution in [0.3, 0.4) is 0 Å². The second-order valence-corrected chi connectivity index (χ2v) is 4.63. The highest BCUT2D eigenvalue weighted by Crippen LogP contribution is 2.23. The summed E-state index contributed by atoms with van der Waals surface area (Å²) in [5.74, 6) is 0.253. The van der Waals surface area contributed by atoms with E-state index in [9.17, 15) is 9.18 Å². The van der Waals surface area contributed by atoms with Crippen molar-refractivity contribution in [3.05, 3.63) is 66.6 Å². The molecule has 5 heteroatoms. The molecule has 0 aliphatic carbocycles. The molecule has 0 bridgehead atoms. The zero-order chi connectivity index (χ0) is 15.8. The molecule has 0 aliphatic heterocycles. The number of hydrogen-bond donors (Lipinski definition) is 1. The second kappa shape index (κ2) is 7.93. The fraction of sp³-hybridized carbons (Fsp3) is 0.176. The lowest BCUT2D eigenvalue weighted by Crippen LogP contribution is -2.22. The van der Waals surface area contributed by atoms with Crippen LogP contribution in [-0.2, 0) is 11.3 Å². The molecule has 0 saturated heterocycles. The number of nitrogens with one attached hydrogen (secondary N) is 1. The van der Waals surface area contributed by atoms with Gasteiger partial charge in [-0.1, -0.05) is 18.2 Å². The van der Waals surface area contributed by atoms with Gasteiger partial charge in [-0.05, 0) is 24.6 Å². The average Bonchev–Trinajstić information content (AvgIpc) is 2.52. The minimum atomic E-state index is -0.382. The van der Waals surface area contributed by atoms with E-state index in [0.717, 1.165) is 5.56 Å². The van der Waals surface area contributed by atoms with Crippen LogP contribution in [0.4, 0.5) is 4.39 Å². The van der Waals surface area contributed by atoms with Gasteiger partial charge in [0.05, 0.1) is 0 Å². The number of ether oxygens (including phenoxy) is 1. The summed E-state index contributed by atoms with van der Waals surface area (Å²) in [5, 5.41) is 2.79. The summed E-state index contributed by atoms with van der Waals surface area (Å²) in [5.41, 5.74) is 0.721. The third-order valence-electron chi connectivity index (χ3n) is 2.91. The van der Waals surface area contributed by atoms with Gasteiger partial charge in [-0.25, -0.2) is 9.37 Å². The van der Waals surface area contributed by atoms with Gasteiger partial charge < -0.3 is 10.1 Å². The Morgan fingerprint density at radius 1 is 1.36 bits per heavy atom. The monoisotopic (exact) mass is 300 g/mol. The molecule has 2 rings (SSSR count). The van der Waals surface area contributed by atoms with Crippen LogP contribution in [0.25, 0.3) is 0 Å². The number of carbonyl (C=O) groups excluding carboxylic acids is 1. The molecule has 1 heterocycles. The maximum Gasteiger partial charge on any atom is 0.224 e. The normalized spacial score (nSPS) is 10.0. The lowest BCUT2D eigenvalue weighted by Gasteiger charge is -2.10. The highest BCUT2D eigenvalue weighted by molar-refractivity contribution is 5.76. The number of benzene rings is 1. The molecule has 4 nitrogen and oxygen atoms in total. The van der Waals surface area contributed by atoms with Gasteiger partial charge in [-0.15, -0.1) is 6.58 Å². The van der Waals surface area contributed by atoms with E-state index in [-0.39, 0.29) is 11.7 Å². The van der Waals surface area contributed by atoms with E-state index >= 15 is 0 Å². The molecule has 114 valence electrons. The fourth-order valence-corrected chi connectivity index (χ4v) is 1.81.